The first-order chi connectivity index (χ1) is 8.63. The molecule has 1 fully saturated rings. The van der Waals surface area contributed by atoms with E-state index in [4.69, 9.17) is 9.47 Å². The smallest absolute Gasteiger partial charge is 0.334 e. The van der Waals surface area contributed by atoms with Crippen molar-refractivity contribution in [3.8, 4) is 0 Å². The predicted molar refractivity (Wildman–Crippen MR) is 71.5 cm³/mol. The summed E-state index contributed by atoms with van der Waals surface area (Å²) < 4.78 is 10.4. The number of carbonyl (C=O) groups excluding carboxylic acids is 1. The molecule has 0 aromatic heterocycles. The van der Waals surface area contributed by atoms with E-state index < -0.39 is 6.10 Å². The van der Waals surface area contributed by atoms with Crippen LogP contribution in [0, 0.1) is 0 Å². The minimum atomic E-state index is -0.472. The zero-order chi connectivity index (χ0) is 13.4. The third-order valence-corrected chi connectivity index (χ3v) is 3.34. The summed E-state index contributed by atoms with van der Waals surface area (Å²) >= 11 is 0. The maximum atomic E-state index is 11.4. The zero-order valence-corrected chi connectivity index (χ0v) is 11.9. The number of carbonyl (C=O) groups is 1. The Labute approximate surface area is 110 Å². The van der Waals surface area contributed by atoms with Crippen molar-refractivity contribution < 1.29 is 14.3 Å². The normalized spacial score (nSPS) is 20.4. The summed E-state index contributed by atoms with van der Waals surface area (Å²) in [6, 6.07) is 0.903. The Balaban J connectivity index is 2.15. The molecule has 0 saturated heterocycles. The number of nitrogens with one attached hydrogen (secondary N) is 1. The van der Waals surface area contributed by atoms with Crippen LogP contribution >= 0.6 is 0 Å². The maximum Gasteiger partial charge on any atom is 0.334 e. The molecule has 1 rings (SSSR count). The van der Waals surface area contributed by atoms with Crippen molar-refractivity contribution in [2.75, 3.05) is 13.2 Å². The molecule has 0 heterocycles. The first-order valence-corrected chi connectivity index (χ1v) is 7.17. The van der Waals surface area contributed by atoms with Gasteiger partial charge in [0, 0.05) is 12.1 Å². The van der Waals surface area contributed by atoms with E-state index in [1.807, 2.05) is 0 Å². The minimum Gasteiger partial charge on any atom is -0.464 e. The molecule has 4 nitrogen and oxygen atoms in total. The van der Waals surface area contributed by atoms with Gasteiger partial charge in [0.1, 0.15) is 0 Å². The Morgan fingerprint density at radius 2 is 1.94 bits per heavy atom. The summed E-state index contributed by atoms with van der Waals surface area (Å²) in [6.07, 6.45) is 6.06. The molecule has 0 aromatic rings. The second kappa shape index (κ2) is 8.48. The maximum absolute atomic E-state index is 11.4. The van der Waals surface area contributed by atoms with Crippen LogP contribution in [-0.2, 0) is 14.3 Å². The fourth-order valence-electron chi connectivity index (χ4n) is 2.34. The zero-order valence-electron chi connectivity index (χ0n) is 11.9. The van der Waals surface area contributed by atoms with Crippen molar-refractivity contribution in [3.63, 3.8) is 0 Å². The minimum absolute atomic E-state index is 0.276. The highest BCUT2D eigenvalue weighted by Crippen LogP contribution is 2.17. The van der Waals surface area contributed by atoms with Gasteiger partial charge in [-0.05, 0) is 33.6 Å². The van der Waals surface area contributed by atoms with E-state index in [2.05, 4.69) is 12.2 Å². The van der Waals surface area contributed by atoms with E-state index in [0.29, 0.717) is 19.3 Å². The van der Waals surface area contributed by atoms with Crippen LogP contribution < -0.4 is 5.32 Å². The average molecular weight is 257 g/mol. The third kappa shape index (κ3) is 5.83. The molecule has 1 aliphatic carbocycles. The van der Waals surface area contributed by atoms with E-state index in [1.165, 1.54) is 32.1 Å². The van der Waals surface area contributed by atoms with E-state index >= 15 is 0 Å². The summed E-state index contributed by atoms with van der Waals surface area (Å²) in [6.45, 7) is 6.61. The van der Waals surface area contributed by atoms with Crippen LogP contribution in [-0.4, -0.2) is 37.4 Å². The van der Waals surface area contributed by atoms with Crippen LogP contribution in [0.2, 0.25) is 0 Å². The third-order valence-electron chi connectivity index (χ3n) is 3.34. The second-order valence-corrected chi connectivity index (χ2v) is 5.13. The summed E-state index contributed by atoms with van der Waals surface area (Å²) in [5.41, 5.74) is 0. The number of hydrogen-bond acceptors (Lipinski definition) is 4. The van der Waals surface area contributed by atoms with Crippen LogP contribution in [0.25, 0.3) is 0 Å². The fourth-order valence-corrected chi connectivity index (χ4v) is 2.34. The highest BCUT2D eigenvalue weighted by atomic mass is 16.6. The molecule has 1 aliphatic rings. The van der Waals surface area contributed by atoms with Gasteiger partial charge in [0.2, 0.25) is 0 Å². The number of hydrogen-bond donors (Lipinski definition) is 1. The first kappa shape index (κ1) is 15.4. The molecule has 0 bridgehead atoms. The largest absolute Gasteiger partial charge is 0.464 e. The Morgan fingerprint density at radius 1 is 1.28 bits per heavy atom. The van der Waals surface area contributed by atoms with E-state index in [9.17, 15) is 4.79 Å². The van der Waals surface area contributed by atoms with Crippen molar-refractivity contribution in [1.29, 1.82) is 0 Å². The topological polar surface area (TPSA) is 47.6 Å². The van der Waals surface area contributed by atoms with Crippen LogP contribution in [0.5, 0.6) is 0 Å². The molecule has 4 heteroatoms. The molecule has 0 aliphatic heterocycles. The van der Waals surface area contributed by atoms with Gasteiger partial charge >= 0.3 is 5.97 Å². The molecule has 106 valence electrons. The first-order valence-electron chi connectivity index (χ1n) is 7.17. The van der Waals surface area contributed by atoms with Gasteiger partial charge in [-0.2, -0.15) is 0 Å². The van der Waals surface area contributed by atoms with E-state index in [1.54, 1.807) is 13.8 Å². The fraction of sp³-hybridized carbons (Fsp3) is 0.929. The van der Waals surface area contributed by atoms with Gasteiger partial charge in [0.05, 0.1) is 13.2 Å². The molecule has 0 spiro atoms. The lowest BCUT2D eigenvalue weighted by atomic mass is 9.95. The Hall–Kier alpha value is -0.610. The van der Waals surface area contributed by atoms with Crippen molar-refractivity contribution in [1.82, 2.24) is 5.32 Å². The van der Waals surface area contributed by atoms with Gasteiger partial charge in [-0.15, -0.1) is 0 Å². The second-order valence-electron chi connectivity index (χ2n) is 5.13. The van der Waals surface area contributed by atoms with E-state index in [0.717, 1.165) is 0 Å². The molecule has 0 radical (unpaired) electrons. The lowest BCUT2D eigenvalue weighted by Crippen LogP contribution is -2.41. The summed E-state index contributed by atoms with van der Waals surface area (Å²) in [4.78, 5) is 11.4. The van der Waals surface area contributed by atoms with Crippen LogP contribution in [0.4, 0.5) is 0 Å². The molecule has 1 saturated carbocycles. The Kier molecular flexibility index (Phi) is 7.28. The van der Waals surface area contributed by atoms with Crippen molar-refractivity contribution in [3.05, 3.63) is 0 Å². The lowest BCUT2D eigenvalue weighted by Gasteiger charge is -2.27. The molecule has 0 unspecified atom stereocenters. The van der Waals surface area contributed by atoms with Crippen molar-refractivity contribution >= 4 is 5.97 Å². The number of rotatable bonds is 7. The van der Waals surface area contributed by atoms with Crippen LogP contribution in [0.1, 0.15) is 52.9 Å². The number of ether oxygens (including phenoxy) is 2. The Morgan fingerprint density at radius 3 is 2.56 bits per heavy atom. The van der Waals surface area contributed by atoms with Gasteiger partial charge in [-0.3, -0.25) is 0 Å². The standard InChI is InChI=1S/C14H27NO3/c1-4-17-14(16)12(3)18-10-11(2)15-13-8-6-5-7-9-13/h11-13,15H,4-10H2,1-3H3/t11-,12-/m1/s1. The lowest BCUT2D eigenvalue weighted by molar-refractivity contribution is -0.155. The monoisotopic (exact) mass is 257 g/mol. The summed E-state index contributed by atoms with van der Waals surface area (Å²) in [7, 11) is 0. The predicted octanol–water partition coefficient (Wildman–Crippen LogP) is 2.27. The van der Waals surface area contributed by atoms with Gasteiger partial charge < -0.3 is 14.8 Å². The van der Waals surface area contributed by atoms with E-state index in [-0.39, 0.29) is 12.0 Å². The SMILES string of the molecule is CCOC(=O)[C@@H](C)OC[C@@H](C)NC1CCCCC1. The van der Waals surface area contributed by atoms with Gasteiger partial charge in [0.25, 0.3) is 0 Å². The summed E-state index contributed by atoms with van der Waals surface area (Å²) in [5.74, 6) is -0.276. The highest BCUT2D eigenvalue weighted by molar-refractivity contribution is 5.74. The molecular weight excluding hydrogens is 230 g/mol. The molecule has 2 atom stereocenters. The Bertz CT molecular complexity index is 239. The molecule has 1 N–H and O–H groups in total. The number of esters is 1. The molecule has 0 amide bonds. The molecule has 0 aromatic carbocycles. The van der Waals surface area contributed by atoms with Gasteiger partial charge in [-0.1, -0.05) is 19.3 Å². The van der Waals surface area contributed by atoms with Crippen molar-refractivity contribution in [2.45, 2.75) is 71.1 Å². The highest BCUT2D eigenvalue weighted by Gasteiger charge is 2.18. The van der Waals surface area contributed by atoms with Gasteiger partial charge in [-0.25, -0.2) is 4.79 Å². The van der Waals surface area contributed by atoms with Crippen LogP contribution in [0.15, 0.2) is 0 Å². The molecule has 18 heavy (non-hydrogen) atoms. The average Bonchev–Trinajstić information content (AvgIpc) is 2.37. The van der Waals surface area contributed by atoms with Crippen molar-refractivity contribution in [2.24, 2.45) is 0 Å². The van der Waals surface area contributed by atoms with Gasteiger partial charge in [0.15, 0.2) is 6.10 Å². The summed E-state index contributed by atoms with van der Waals surface area (Å²) in [5, 5.41) is 3.57. The quantitative estimate of drug-likeness (QED) is 0.711. The van der Waals surface area contributed by atoms with Crippen LogP contribution in [0.3, 0.4) is 0 Å². The molecular formula is C14H27NO3.